The molecular weight excluding hydrogens is 386 g/mol. The van der Waals surface area contributed by atoms with Gasteiger partial charge in [-0.3, -0.25) is 19.4 Å². The number of hydrogen-bond donors (Lipinski definition) is 4. The summed E-state index contributed by atoms with van der Waals surface area (Å²) in [5.74, 6) is -4.15. The van der Waals surface area contributed by atoms with E-state index in [4.69, 9.17) is 5.73 Å². The predicted octanol–water partition coefficient (Wildman–Crippen LogP) is -3.17. The van der Waals surface area contributed by atoms with Crippen LogP contribution in [0.2, 0.25) is 0 Å². The fourth-order valence-corrected chi connectivity index (χ4v) is 1.99. The van der Waals surface area contributed by atoms with Crippen LogP contribution in [0.1, 0.15) is 12.8 Å². The van der Waals surface area contributed by atoms with E-state index >= 15 is 0 Å². The number of carbonyl (C=O) groups is 4. The molecule has 1 heterocycles. The average Bonchev–Trinajstić information content (AvgIpc) is 2.57. The predicted molar refractivity (Wildman–Crippen MR) is 79.3 cm³/mol. The molecule has 2 unspecified atom stereocenters. The Kier molecular flexibility index (Phi) is 8.04. The summed E-state index contributed by atoms with van der Waals surface area (Å²) < 4.78 is 29.7. The maximum atomic E-state index is 11.8. The zero-order valence-corrected chi connectivity index (χ0v) is 14.2. The van der Waals surface area contributed by atoms with Crippen LogP contribution in [-0.2, 0) is 48.0 Å². The number of nitrogens with one attached hydrogen (secondary N) is 2. The van der Waals surface area contributed by atoms with Gasteiger partial charge in [0, 0.05) is 12.2 Å². The fraction of sp³-hybridized carbons (Fsp3) is 0.600. The number of hydrogen-bond acceptors (Lipinski definition) is 12. The summed E-state index contributed by atoms with van der Waals surface area (Å²) in [4.78, 5) is 54.0. The standard InChI is InChI=1S/C10H15N3O10S2/c11-5-1-2-7(14)13-6(4-24)9(16)12-3-8(15)20-22-25(18,19)23-21-10(5)17/h5-6,24H,1-4,11H2,(H,12,16)(H,13,14). The average molecular weight is 401 g/mol. The van der Waals surface area contributed by atoms with Crippen molar-refractivity contribution in [3.8, 4) is 0 Å². The molecule has 1 aliphatic heterocycles. The monoisotopic (exact) mass is 401 g/mol. The second-order valence-electron chi connectivity index (χ2n) is 4.57. The number of rotatable bonds is 1. The summed E-state index contributed by atoms with van der Waals surface area (Å²) in [5, 5.41) is 4.39. The van der Waals surface area contributed by atoms with E-state index < -0.39 is 52.8 Å². The summed E-state index contributed by atoms with van der Waals surface area (Å²) >= 11 is 3.89. The van der Waals surface area contributed by atoms with Gasteiger partial charge in [0.1, 0.15) is 18.6 Å². The third kappa shape index (κ3) is 7.65. The number of carbonyl (C=O) groups excluding carboxylic acids is 4. The van der Waals surface area contributed by atoms with Gasteiger partial charge in [-0.05, 0) is 15.1 Å². The summed E-state index contributed by atoms with van der Waals surface area (Å²) in [6.07, 6.45) is -0.510. The third-order valence-electron chi connectivity index (χ3n) is 2.64. The van der Waals surface area contributed by atoms with Crippen LogP contribution in [0.25, 0.3) is 0 Å². The van der Waals surface area contributed by atoms with Crippen molar-refractivity contribution >= 4 is 46.8 Å². The van der Waals surface area contributed by atoms with Gasteiger partial charge in [0.2, 0.25) is 11.8 Å². The lowest BCUT2D eigenvalue weighted by atomic mass is 10.1. The van der Waals surface area contributed by atoms with Crippen LogP contribution < -0.4 is 16.4 Å². The van der Waals surface area contributed by atoms with Crippen LogP contribution in [0, 0.1) is 0 Å². The Hall–Kier alpha value is -1.94. The van der Waals surface area contributed by atoms with Crippen molar-refractivity contribution < 1.29 is 46.0 Å². The molecule has 0 saturated carbocycles. The quantitative estimate of drug-likeness (QED) is 0.256. The Balaban J connectivity index is 2.85. The van der Waals surface area contributed by atoms with Gasteiger partial charge in [-0.1, -0.05) is 0 Å². The van der Waals surface area contributed by atoms with Crippen molar-refractivity contribution in [3.63, 3.8) is 0 Å². The van der Waals surface area contributed by atoms with Crippen LogP contribution in [0.5, 0.6) is 0 Å². The molecule has 0 aromatic carbocycles. The van der Waals surface area contributed by atoms with E-state index in [2.05, 4.69) is 41.7 Å². The van der Waals surface area contributed by atoms with Crippen molar-refractivity contribution in [1.29, 1.82) is 0 Å². The topological polar surface area (TPSA) is 189 Å². The molecule has 1 aliphatic rings. The van der Waals surface area contributed by atoms with Crippen molar-refractivity contribution in [1.82, 2.24) is 10.6 Å². The SMILES string of the molecule is NC1CCC(=O)NC(CS)C(=O)NCC(=O)OOS(=O)(=O)OOC1=O. The highest BCUT2D eigenvalue weighted by Gasteiger charge is 2.26. The van der Waals surface area contributed by atoms with E-state index in [1.807, 2.05) is 0 Å². The first-order valence-corrected chi connectivity index (χ1v) is 8.58. The molecule has 1 fully saturated rings. The Morgan fingerprint density at radius 1 is 1.16 bits per heavy atom. The van der Waals surface area contributed by atoms with Gasteiger partial charge in [0.05, 0.1) is 0 Å². The Labute approximate surface area is 147 Å². The van der Waals surface area contributed by atoms with Gasteiger partial charge >= 0.3 is 22.3 Å². The minimum Gasteiger partial charge on any atom is -0.344 e. The zero-order valence-electron chi connectivity index (χ0n) is 12.5. The molecule has 142 valence electrons. The first-order chi connectivity index (χ1) is 11.6. The molecular formula is C10H15N3O10S2. The summed E-state index contributed by atoms with van der Waals surface area (Å²) in [6.45, 7) is -0.779. The number of nitrogens with two attached hydrogens (primary N) is 1. The second-order valence-corrected chi connectivity index (χ2v) is 6.02. The van der Waals surface area contributed by atoms with Gasteiger partial charge in [-0.25, -0.2) is 9.59 Å². The van der Waals surface area contributed by atoms with Crippen molar-refractivity contribution in [2.75, 3.05) is 12.3 Å². The highest BCUT2D eigenvalue weighted by atomic mass is 32.3. The van der Waals surface area contributed by atoms with E-state index in [0.717, 1.165) is 0 Å². The summed E-state index contributed by atoms with van der Waals surface area (Å²) in [7, 11) is -5.02. The van der Waals surface area contributed by atoms with Crippen LogP contribution in [-0.4, -0.2) is 56.6 Å². The van der Waals surface area contributed by atoms with Crippen molar-refractivity contribution in [2.24, 2.45) is 5.73 Å². The molecule has 0 aromatic rings. The normalized spacial score (nSPS) is 26.8. The van der Waals surface area contributed by atoms with E-state index in [0.29, 0.717) is 0 Å². The molecule has 0 radical (unpaired) electrons. The lowest BCUT2D eigenvalue weighted by Crippen LogP contribution is -2.49. The van der Waals surface area contributed by atoms with Crippen LogP contribution in [0.15, 0.2) is 0 Å². The van der Waals surface area contributed by atoms with Crippen molar-refractivity contribution in [2.45, 2.75) is 24.9 Å². The highest BCUT2D eigenvalue weighted by molar-refractivity contribution is 7.81. The van der Waals surface area contributed by atoms with Crippen LogP contribution >= 0.6 is 12.6 Å². The second kappa shape index (κ2) is 9.52. The molecule has 0 spiro atoms. The molecule has 25 heavy (non-hydrogen) atoms. The van der Waals surface area contributed by atoms with Crippen molar-refractivity contribution in [3.05, 3.63) is 0 Å². The minimum absolute atomic E-state index is 0.0978. The van der Waals surface area contributed by atoms with Gasteiger partial charge in [-0.15, -0.1) is 0 Å². The molecule has 4 N–H and O–H groups in total. The first kappa shape index (κ1) is 21.1. The molecule has 13 nitrogen and oxygen atoms in total. The molecule has 2 atom stereocenters. The molecule has 1 rings (SSSR count). The lowest BCUT2D eigenvalue weighted by Gasteiger charge is -2.17. The van der Waals surface area contributed by atoms with Gasteiger partial charge in [0.15, 0.2) is 0 Å². The van der Waals surface area contributed by atoms with E-state index in [1.165, 1.54) is 0 Å². The number of thiol groups is 1. The van der Waals surface area contributed by atoms with Crippen LogP contribution in [0.4, 0.5) is 0 Å². The fourth-order valence-electron chi connectivity index (χ4n) is 1.40. The Bertz CT molecular complexity index is 637. The molecule has 0 bridgehead atoms. The molecule has 15 heteroatoms. The highest BCUT2D eigenvalue weighted by Crippen LogP contribution is 2.04. The van der Waals surface area contributed by atoms with E-state index in [-0.39, 0.29) is 18.6 Å². The summed E-state index contributed by atoms with van der Waals surface area (Å²) in [6, 6.07) is -2.49. The largest absolute Gasteiger partial charge is 0.471 e. The molecule has 1 saturated heterocycles. The first-order valence-electron chi connectivity index (χ1n) is 6.62. The molecule has 0 aliphatic carbocycles. The lowest BCUT2D eigenvalue weighted by molar-refractivity contribution is -0.245. The number of amides is 2. The van der Waals surface area contributed by atoms with Crippen LogP contribution in [0.3, 0.4) is 0 Å². The third-order valence-corrected chi connectivity index (χ3v) is 3.47. The Morgan fingerprint density at radius 3 is 2.44 bits per heavy atom. The molecule has 0 aromatic heterocycles. The maximum absolute atomic E-state index is 11.8. The maximum Gasteiger partial charge on any atom is 0.471 e. The molecule has 2 amide bonds. The van der Waals surface area contributed by atoms with E-state index in [1.54, 1.807) is 0 Å². The Morgan fingerprint density at radius 2 is 1.80 bits per heavy atom. The van der Waals surface area contributed by atoms with Gasteiger partial charge < -0.3 is 16.4 Å². The minimum atomic E-state index is -5.02. The van der Waals surface area contributed by atoms with Gasteiger partial charge in [0.25, 0.3) is 0 Å². The smallest absolute Gasteiger partial charge is 0.344 e. The summed E-state index contributed by atoms with van der Waals surface area (Å²) in [5.41, 5.74) is 5.40. The zero-order chi connectivity index (χ0) is 19.0. The van der Waals surface area contributed by atoms with Gasteiger partial charge in [-0.2, -0.15) is 21.0 Å². The van der Waals surface area contributed by atoms with E-state index in [9.17, 15) is 27.6 Å².